The molecular weight excluding hydrogens is 309 g/mol. The topological polar surface area (TPSA) is 58.6 Å². The number of amides is 1. The van der Waals surface area contributed by atoms with Crippen LogP contribution in [0.15, 0.2) is 54.6 Å². The van der Waals surface area contributed by atoms with Gasteiger partial charge in [0.25, 0.3) is 0 Å². The number of benzene rings is 2. The highest BCUT2D eigenvalue weighted by Crippen LogP contribution is 2.18. The third-order valence-corrected chi connectivity index (χ3v) is 3.65. The molecule has 2 unspecified atom stereocenters. The van der Waals surface area contributed by atoms with Gasteiger partial charge in [-0.1, -0.05) is 37.3 Å². The molecule has 2 rings (SSSR count). The molecule has 2 atom stereocenters. The molecule has 0 aliphatic carbocycles. The Labute approximate surface area is 141 Å². The molecule has 0 radical (unpaired) electrons. The maximum absolute atomic E-state index is 12.8. The van der Waals surface area contributed by atoms with E-state index in [4.69, 9.17) is 4.74 Å². The van der Waals surface area contributed by atoms with Crippen LogP contribution in [0, 0.1) is 5.82 Å². The first-order chi connectivity index (χ1) is 11.5. The fourth-order valence-electron chi connectivity index (χ4n) is 2.26. The fraction of sp³-hybridized carbons (Fsp3) is 0.316. The minimum absolute atomic E-state index is 0.0279. The van der Waals surface area contributed by atoms with Crippen molar-refractivity contribution in [2.24, 2.45) is 0 Å². The molecule has 5 heteroatoms. The lowest BCUT2D eigenvalue weighted by atomic mass is 9.97. The van der Waals surface area contributed by atoms with Crippen molar-refractivity contribution in [2.45, 2.75) is 25.4 Å². The molecule has 128 valence electrons. The van der Waals surface area contributed by atoms with Crippen LogP contribution in [0.25, 0.3) is 0 Å². The Morgan fingerprint density at radius 2 is 1.83 bits per heavy atom. The van der Waals surface area contributed by atoms with Gasteiger partial charge in [-0.05, 0) is 35.7 Å². The number of ether oxygens (including phenoxy) is 1. The number of carbonyl (C=O) groups is 1. The van der Waals surface area contributed by atoms with Gasteiger partial charge in [-0.2, -0.15) is 0 Å². The average Bonchev–Trinajstić information content (AvgIpc) is 2.60. The number of hydrogen-bond acceptors (Lipinski definition) is 3. The second kappa shape index (κ2) is 9.03. The van der Waals surface area contributed by atoms with Crippen LogP contribution in [0.2, 0.25) is 0 Å². The Bertz CT molecular complexity index is 631. The van der Waals surface area contributed by atoms with Crippen molar-refractivity contribution in [3.05, 3.63) is 66.0 Å². The van der Waals surface area contributed by atoms with Crippen molar-refractivity contribution in [3.63, 3.8) is 0 Å². The van der Waals surface area contributed by atoms with Crippen molar-refractivity contribution in [3.8, 4) is 5.75 Å². The van der Waals surface area contributed by atoms with Crippen molar-refractivity contribution < 1.29 is 19.0 Å². The monoisotopic (exact) mass is 331 g/mol. The molecule has 1 amide bonds. The first kappa shape index (κ1) is 17.9. The van der Waals surface area contributed by atoms with Crippen molar-refractivity contribution >= 4 is 5.91 Å². The Hall–Kier alpha value is -2.40. The van der Waals surface area contributed by atoms with Crippen LogP contribution >= 0.6 is 0 Å². The molecule has 0 saturated heterocycles. The summed E-state index contributed by atoms with van der Waals surface area (Å²) in [6.07, 6.45) is -0.471. The maximum Gasteiger partial charge on any atom is 0.220 e. The first-order valence-corrected chi connectivity index (χ1v) is 7.92. The molecule has 0 aromatic heterocycles. The van der Waals surface area contributed by atoms with Crippen LogP contribution in [0.3, 0.4) is 0 Å². The van der Waals surface area contributed by atoms with Gasteiger partial charge in [0.2, 0.25) is 5.91 Å². The summed E-state index contributed by atoms with van der Waals surface area (Å²) in [6.45, 7) is 2.13. The first-order valence-electron chi connectivity index (χ1n) is 7.92. The molecule has 2 N–H and O–H groups in total. The van der Waals surface area contributed by atoms with E-state index in [-0.39, 0.29) is 30.8 Å². The lowest BCUT2D eigenvalue weighted by Gasteiger charge is -2.15. The SMILES string of the molecule is CC(CC(=O)NCC(O)COc1ccc(F)cc1)c1ccccc1. The number of halogens is 1. The smallest absolute Gasteiger partial charge is 0.220 e. The Kier molecular flexibility index (Phi) is 6.75. The molecule has 0 saturated carbocycles. The molecule has 0 spiro atoms. The predicted octanol–water partition coefficient (Wildman–Crippen LogP) is 2.88. The zero-order valence-electron chi connectivity index (χ0n) is 13.6. The molecule has 2 aromatic carbocycles. The van der Waals surface area contributed by atoms with E-state index >= 15 is 0 Å². The molecule has 0 aliphatic rings. The molecule has 0 bridgehead atoms. The summed E-state index contributed by atoms with van der Waals surface area (Å²) in [5.74, 6) is 0.119. The highest BCUT2D eigenvalue weighted by Gasteiger charge is 2.12. The van der Waals surface area contributed by atoms with Crippen LogP contribution in [-0.4, -0.2) is 30.3 Å². The molecule has 2 aromatic rings. The van der Waals surface area contributed by atoms with E-state index in [1.165, 1.54) is 24.3 Å². The summed E-state index contributed by atoms with van der Waals surface area (Å²) in [7, 11) is 0. The molecule has 4 nitrogen and oxygen atoms in total. The zero-order valence-corrected chi connectivity index (χ0v) is 13.6. The van der Waals surface area contributed by atoms with Crippen molar-refractivity contribution in [1.29, 1.82) is 0 Å². The van der Waals surface area contributed by atoms with Crippen LogP contribution in [0.5, 0.6) is 5.75 Å². The highest BCUT2D eigenvalue weighted by atomic mass is 19.1. The predicted molar refractivity (Wildman–Crippen MR) is 90.4 cm³/mol. The highest BCUT2D eigenvalue weighted by molar-refractivity contribution is 5.76. The third-order valence-electron chi connectivity index (χ3n) is 3.65. The maximum atomic E-state index is 12.8. The third kappa shape index (κ3) is 6.01. The summed E-state index contributed by atoms with van der Waals surface area (Å²) in [5.41, 5.74) is 1.10. The van der Waals surface area contributed by atoms with E-state index < -0.39 is 6.10 Å². The zero-order chi connectivity index (χ0) is 17.4. The quantitative estimate of drug-likeness (QED) is 0.782. The standard InChI is InChI=1S/C19H22FNO3/c1-14(15-5-3-2-4-6-15)11-19(23)21-12-17(22)13-24-18-9-7-16(20)8-10-18/h2-10,14,17,22H,11-13H2,1H3,(H,21,23). The summed E-state index contributed by atoms with van der Waals surface area (Å²) >= 11 is 0. The number of aliphatic hydroxyl groups is 1. The van der Waals surface area contributed by atoms with Crippen LogP contribution in [0.1, 0.15) is 24.8 Å². The Balaban J connectivity index is 1.68. The van der Waals surface area contributed by atoms with E-state index in [0.29, 0.717) is 12.2 Å². The van der Waals surface area contributed by atoms with Gasteiger partial charge in [-0.3, -0.25) is 4.79 Å². The largest absolute Gasteiger partial charge is 0.491 e. The van der Waals surface area contributed by atoms with E-state index in [1.807, 2.05) is 37.3 Å². The van der Waals surface area contributed by atoms with E-state index in [9.17, 15) is 14.3 Å². The summed E-state index contributed by atoms with van der Waals surface area (Å²) < 4.78 is 18.1. The number of aliphatic hydroxyl groups excluding tert-OH is 1. The van der Waals surface area contributed by atoms with Gasteiger partial charge in [-0.15, -0.1) is 0 Å². The Morgan fingerprint density at radius 3 is 2.50 bits per heavy atom. The van der Waals surface area contributed by atoms with Crippen molar-refractivity contribution in [2.75, 3.05) is 13.2 Å². The van der Waals surface area contributed by atoms with Gasteiger partial charge in [0.15, 0.2) is 0 Å². The van der Waals surface area contributed by atoms with Crippen LogP contribution in [-0.2, 0) is 4.79 Å². The van der Waals surface area contributed by atoms with E-state index in [2.05, 4.69) is 5.32 Å². The number of rotatable bonds is 8. The van der Waals surface area contributed by atoms with Gasteiger partial charge >= 0.3 is 0 Å². The fourth-order valence-corrected chi connectivity index (χ4v) is 2.26. The summed E-state index contributed by atoms with van der Waals surface area (Å²) in [5, 5.41) is 12.6. The minimum atomic E-state index is -0.828. The average molecular weight is 331 g/mol. The van der Waals surface area contributed by atoms with Crippen LogP contribution in [0.4, 0.5) is 4.39 Å². The lowest BCUT2D eigenvalue weighted by molar-refractivity contribution is -0.121. The number of hydrogen-bond donors (Lipinski definition) is 2. The van der Waals surface area contributed by atoms with E-state index in [1.54, 1.807) is 0 Å². The summed E-state index contributed by atoms with van der Waals surface area (Å²) in [4.78, 5) is 11.9. The molecule has 0 heterocycles. The molecule has 0 fully saturated rings. The van der Waals surface area contributed by atoms with Crippen LogP contribution < -0.4 is 10.1 Å². The Morgan fingerprint density at radius 1 is 1.17 bits per heavy atom. The van der Waals surface area contributed by atoms with Gasteiger partial charge in [-0.25, -0.2) is 4.39 Å². The minimum Gasteiger partial charge on any atom is -0.491 e. The normalized spacial score (nSPS) is 13.1. The lowest BCUT2D eigenvalue weighted by Crippen LogP contribution is -2.35. The number of nitrogens with one attached hydrogen (secondary N) is 1. The van der Waals surface area contributed by atoms with Gasteiger partial charge < -0.3 is 15.2 Å². The van der Waals surface area contributed by atoms with Gasteiger partial charge in [0.05, 0.1) is 0 Å². The molecular formula is C19H22FNO3. The second-order valence-electron chi connectivity index (χ2n) is 5.74. The van der Waals surface area contributed by atoms with Gasteiger partial charge in [0, 0.05) is 13.0 Å². The molecule has 24 heavy (non-hydrogen) atoms. The molecule has 0 aliphatic heterocycles. The van der Waals surface area contributed by atoms with Gasteiger partial charge in [0.1, 0.15) is 24.3 Å². The van der Waals surface area contributed by atoms with E-state index in [0.717, 1.165) is 5.56 Å². The second-order valence-corrected chi connectivity index (χ2v) is 5.74. The number of carbonyl (C=O) groups excluding carboxylic acids is 1. The summed E-state index contributed by atoms with van der Waals surface area (Å²) in [6, 6.07) is 15.4. The van der Waals surface area contributed by atoms with Crippen molar-refractivity contribution in [1.82, 2.24) is 5.32 Å².